The highest BCUT2D eigenvalue weighted by molar-refractivity contribution is 5.94. The molecule has 2 fully saturated rings. The van der Waals surface area contributed by atoms with Gasteiger partial charge < -0.3 is 20.1 Å². The van der Waals surface area contributed by atoms with Gasteiger partial charge in [0.15, 0.2) is 6.23 Å². The Balaban J connectivity index is 1.19. The lowest BCUT2D eigenvalue weighted by Crippen LogP contribution is -2.43. The number of anilines is 1. The maximum absolute atomic E-state index is 10.0. The Morgan fingerprint density at radius 3 is 2.50 bits per heavy atom. The maximum Gasteiger partial charge on any atom is 0.230 e. The van der Waals surface area contributed by atoms with Gasteiger partial charge in [0.25, 0.3) is 0 Å². The Morgan fingerprint density at radius 2 is 1.79 bits per heavy atom. The van der Waals surface area contributed by atoms with Gasteiger partial charge in [-0.3, -0.25) is 14.6 Å². The summed E-state index contributed by atoms with van der Waals surface area (Å²) in [4.78, 5) is 9.63. The number of benzene rings is 1. The number of aliphatic hydroxyl groups excluding tert-OH is 1. The van der Waals surface area contributed by atoms with Crippen molar-refractivity contribution in [2.24, 2.45) is 5.10 Å². The normalized spacial score (nSPS) is 23.8. The molecule has 2 aliphatic heterocycles. The monoisotopic (exact) mass is 572 g/mol. The first-order valence-corrected chi connectivity index (χ1v) is 15.5. The first-order chi connectivity index (χ1) is 20.5. The zero-order valence-electron chi connectivity index (χ0n) is 25.1. The zero-order valence-corrected chi connectivity index (χ0v) is 25.1. The molecule has 10 heteroatoms. The Bertz CT molecular complexity index is 1400. The number of piperazine rings is 1. The van der Waals surface area contributed by atoms with Gasteiger partial charge in [-0.15, -0.1) is 5.10 Å². The smallest absolute Gasteiger partial charge is 0.230 e. The summed E-state index contributed by atoms with van der Waals surface area (Å²) in [6.45, 7) is 11.0. The van der Waals surface area contributed by atoms with Gasteiger partial charge in [0.2, 0.25) is 5.90 Å². The van der Waals surface area contributed by atoms with Crippen LogP contribution in [0.2, 0.25) is 0 Å². The van der Waals surface area contributed by atoms with Crippen LogP contribution in [0.15, 0.2) is 53.8 Å². The fourth-order valence-electron chi connectivity index (χ4n) is 6.22. The number of hydrogen-bond donors (Lipinski definition) is 2. The molecule has 10 nitrogen and oxygen atoms in total. The van der Waals surface area contributed by atoms with Crippen molar-refractivity contribution in [3.05, 3.63) is 54.2 Å². The van der Waals surface area contributed by atoms with Crippen molar-refractivity contribution < 1.29 is 9.84 Å². The van der Waals surface area contributed by atoms with Crippen LogP contribution in [0, 0.1) is 0 Å². The largest absolute Gasteiger partial charge is 0.473 e. The van der Waals surface area contributed by atoms with Gasteiger partial charge >= 0.3 is 0 Å². The Kier molecular flexibility index (Phi) is 8.73. The second-order valence-electron chi connectivity index (χ2n) is 11.7. The summed E-state index contributed by atoms with van der Waals surface area (Å²) >= 11 is 0. The number of nitrogens with one attached hydrogen (secondary N) is 1. The molecule has 224 valence electrons. The molecule has 0 bridgehead atoms. The van der Waals surface area contributed by atoms with Gasteiger partial charge in [-0.2, -0.15) is 5.10 Å². The van der Waals surface area contributed by atoms with E-state index in [2.05, 4.69) is 69.2 Å². The average molecular weight is 573 g/mol. The molecule has 0 radical (unpaired) electrons. The molecule has 1 atom stereocenters. The fraction of sp³-hybridized carbons (Fsp3) is 0.531. The van der Waals surface area contributed by atoms with Crippen LogP contribution in [-0.4, -0.2) is 99.2 Å². The van der Waals surface area contributed by atoms with E-state index in [1.54, 1.807) is 17.2 Å². The number of likely N-dealkylation sites (N-methyl/N-ethyl adjacent to an activating group) is 2. The van der Waals surface area contributed by atoms with E-state index < -0.39 is 6.23 Å². The molecule has 2 aromatic heterocycles. The quantitative estimate of drug-likeness (QED) is 0.413. The van der Waals surface area contributed by atoms with Crippen molar-refractivity contribution >= 4 is 22.6 Å². The summed E-state index contributed by atoms with van der Waals surface area (Å²) in [6, 6.07) is 11.4. The Morgan fingerprint density at radius 1 is 1.02 bits per heavy atom. The molecule has 1 aliphatic carbocycles. The first kappa shape index (κ1) is 28.6. The third-order valence-corrected chi connectivity index (χ3v) is 8.72. The van der Waals surface area contributed by atoms with Gasteiger partial charge in [-0.25, -0.2) is 4.98 Å². The molecule has 6 rings (SSSR count). The highest BCUT2D eigenvalue weighted by atomic mass is 16.5. The lowest BCUT2D eigenvalue weighted by molar-refractivity contribution is 0.0377. The third kappa shape index (κ3) is 6.30. The summed E-state index contributed by atoms with van der Waals surface area (Å²) in [5.41, 5.74) is 4.58. The van der Waals surface area contributed by atoms with Crippen molar-refractivity contribution in [1.29, 1.82) is 0 Å². The highest BCUT2D eigenvalue weighted by Gasteiger charge is 2.28. The number of nitrogens with zero attached hydrogens (tertiary/aromatic N) is 7. The van der Waals surface area contributed by atoms with E-state index in [0.29, 0.717) is 12.4 Å². The molecule has 4 heterocycles. The average Bonchev–Trinajstić information content (AvgIpc) is 3.39. The summed E-state index contributed by atoms with van der Waals surface area (Å²) in [5.74, 6) is 1.46. The van der Waals surface area contributed by atoms with Gasteiger partial charge in [0.05, 0.1) is 11.6 Å². The molecular weight excluding hydrogens is 528 g/mol. The molecule has 1 saturated heterocycles. The van der Waals surface area contributed by atoms with Crippen LogP contribution in [-0.2, 0) is 11.3 Å². The number of aliphatic hydroxyl groups is 1. The van der Waals surface area contributed by atoms with Crippen molar-refractivity contribution in [2.75, 3.05) is 51.6 Å². The lowest BCUT2D eigenvalue weighted by Gasteiger charge is -2.32. The molecule has 3 aliphatic rings. The number of ether oxygens (including phenoxy) is 1. The number of pyridine rings is 1. The van der Waals surface area contributed by atoms with E-state index in [1.165, 1.54) is 5.56 Å². The van der Waals surface area contributed by atoms with E-state index in [9.17, 15) is 5.11 Å². The maximum atomic E-state index is 10.0. The number of fused-ring (bicyclic) bond motifs is 1. The van der Waals surface area contributed by atoms with Gasteiger partial charge in [0.1, 0.15) is 17.6 Å². The minimum atomic E-state index is -0.685. The number of hydrazone groups is 1. The Hall–Kier alpha value is -3.47. The van der Waals surface area contributed by atoms with Crippen LogP contribution < -0.4 is 5.32 Å². The van der Waals surface area contributed by atoms with Crippen LogP contribution in [0.5, 0.6) is 0 Å². The van der Waals surface area contributed by atoms with Crippen LogP contribution in [0.25, 0.3) is 22.2 Å². The molecule has 1 aromatic carbocycles. The van der Waals surface area contributed by atoms with Crippen molar-refractivity contribution in [2.45, 2.75) is 64.4 Å². The summed E-state index contributed by atoms with van der Waals surface area (Å²) in [5, 5.41) is 25.8. The van der Waals surface area contributed by atoms with Crippen molar-refractivity contribution in [3.63, 3.8) is 0 Å². The second kappa shape index (κ2) is 12.8. The van der Waals surface area contributed by atoms with E-state index in [-0.39, 0.29) is 12.1 Å². The minimum absolute atomic E-state index is 0.103. The van der Waals surface area contributed by atoms with Gasteiger partial charge in [-0.05, 0) is 58.2 Å². The minimum Gasteiger partial charge on any atom is -0.473 e. The van der Waals surface area contributed by atoms with Gasteiger partial charge in [0, 0.05) is 75.1 Å². The fourth-order valence-corrected chi connectivity index (χ4v) is 6.22. The number of aromatic nitrogens is 3. The summed E-state index contributed by atoms with van der Waals surface area (Å²) in [6.07, 6.45) is 8.69. The van der Waals surface area contributed by atoms with Gasteiger partial charge in [-0.1, -0.05) is 24.3 Å². The highest BCUT2D eigenvalue weighted by Crippen LogP contribution is 2.36. The number of hydrogen-bond acceptors (Lipinski definition) is 9. The molecular formula is C32H44N8O2. The predicted molar refractivity (Wildman–Crippen MR) is 167 cm³/mol. The Labute approximate surface area is 248 Å². The van der Waals surface area contributed by atoms with E-state index in [0.717, 1.165) is 92.9 Å². The second-order valence-corrected chi connectivity index (χ2v) is 11.7. The first-order valence-electron chi connectivity index (χ1n) is 15.5. The molecule has 42 heavy (non-hydrogen) atoms. The third-order valence-electron chi connectivity index (χ3n) is 8.72. The standard InChI is InChI=1S/C32H44N8O2/c1-4-33-29-20-28-27(21-34-29)32(24-8-6-23(7-9-24)22-38-18-16-37(3)17-19-38)36-40(28)25-10-12-26(13-11-25)42-30-14-15-31(41)39(5-2)35-30/h6-9,14-15,20-21,25-26,31,41H,4-5,10-13,16-19,22H2,1-3H3,(H,33,34). The topological polar surface area (TPSA) is 94.3 Å². The zero-order chi connectivity index (χ0) is 29.1. The molecule has 1 unspecified atom stereocenters. The van der Waals surface area contributed by atoms with Crippen LogP contribution >= 0.6 is 0 Å². The predicted octanol–water partition coefficient (Wildman–Crippen LogP) is 4.30. The van der Waals surface area contributed by atoms with E-state index in [4.69, 9.17) is 14.8 Å². The van der Waals surface area contributed by atoms with Crippen molar-refractivity contribution in [3.8, 4) is 11.3 Å². The van der Waals surface area contributed by atoms with E-state index in [1.807, 2.05) is 13.1 Å². The summed E-state index contributed by atoms with van der Waals surface area (Å²) in [7, 11) is 2.20. The van der Waals surface area contributed by atoms with E-state index >= 15 is 0 Å². The molecule has 0 spiro atoms. The lowest BCUT2D eigenvalue weighted by atomic mass is 9.93. The summed E-state index contributed by atoms with van der Waals surface area (Å²) < 4.78 is 8.47. The molecule has 1 saturated carbocycles. The number of rotatable bonds is 8. The molecule has 3 aromatic rings. The SMILES string of the molecule is CCNc1cc2c(cn1)c(-c1ccc(CN3CCN(C)CC3)cc1)nn2C1CCC(OC2=NN(CC)C(O)C=C2)CC1. The molecule has 0 amide bonds. The van der Waals surface area contributed by atoms with Crippen LogP contribution in [0.3, 0.4) is 0 Å². The van der Waals surface area contributed by atoms with Crippen LogP contribution in [0.4, 0.5) is 5.82 Å². The van der Waals surface area contributed by atoms with Crippen LogP contribution in [0.1, 0.15) is 51.1 Å². The van der Waals surface area contributed by atoms with Crippen molar-refractivity contribution in [1.82, 2.24) is 29.6 Å². The molecule has 2 N–H and O–H groups in total.